The lowest BCUT2D eigenvalue weighted by Crippen LogP contribution is -2.34. The van der Waals surface area contributed by atoms with Crippen molar-refractivity contribution in [1.29, 1.82) is 0 Å². The van der Waals surface area contributed by atoms with E-state index in [2.05, 4.69) is 11.9 Å². The fourth-order valence-electron chi connectivity index (χ4n) is 4.03. The number of hydrogen-bond donors (Lipinski definition) is 1. The Hall–Kier alpha value is -2.38. The second-order valence-electron chi connectivity index (χ2n) is 8.64. The Bertz CT molecular complexity index is 1130. The van der Waals surface area contributed by atoms with Gasteiger partial charge in [-0.3, -0.25) is 4.31 Å². The van der Waals surface area contributed by atoms with Gasteiger partial charge in [0.15, 0.2) is 0 Å². The number of ether oxygens (including phenoxy) is 1. The van der Waals surface area contributed by atoms with Gasteiger partial charge in [-0.1, -0.05) is 32.9 Å². The van der Waals surface area contributed by atoms with Gasteiger partial charge in [0.1, 0.15) is 5.82 Å². The molecule has 3 aromatic rings. The maximum absolute atomic E-state index is 13.6. The molecule has 4 rings (SSSR count). The van der Waals surface area contributed by atoms with Gasteiger partial charge in [-0.25, -0.2) is 13.4 Å². The monoisotopic (exact) mass is 441 g/mol. The van der Waals surface area contributed by atoms with E-state index in [1.54, 1.807) is 12.1 Å². The van der Waals surface area contributed by atoms with Gasteiger partial charge in [-0.2, -0.15) is 0 Å². The van der Waals surface area contributed by atoms with Gasteiger partial charge in [0.2, 0.25) is 0 Å². The van der Waals surface area contributed by atoms with Crippen molar-refractivity contribution in [2.24, 2.45) is 5.92 Å². The quantitative estimate of drug-likeness (QED) is 0.567. The van der Waals surface area contributed by atoms with E-state index < -0.39 is 10.0 Å². The average molecular weight is 442 g/mol. The van der Waals surface area contributed by atoms with Crippen LogP contribution in [0.3, 0.4) is 0 Å². The number of aromatic nitrogens is 2. The number of benzene rings is 2. The fraction of sp³-hybridized carbons (Fsp3) is 0.458. The first-order chi connectivity index (χ1) is 14.9. The minimum atomic E-state index is -3.72. The first-order valence-corrected chi connectivity index (χ1v) is 12.5. The van der Waals surface area contributed by atoms with E-state index in [0.29, 0.717) is 23.7 Å². The van der Waals surface area contributed by atoms with Crippen molar-refractivity contribution in [3.05, 3.63) is 53.9 Å². The summed E-state index contributed by atoms with van der Waals surface area (Å²) in [5, 5.41) is 0. The number of imidazole rings is 1. The van der Waals surface area contributed by atoms with E-state index in [0.717, 1.165) is 43.8 Å². The summed E-state index contributed by atoms with van der Waals surface area (Å²) in [5.74, 6) is 1.44. The molecule has 0 saturated carbocycles. The number of aryl methyl sites for hydroxylation is 1. The molecule has 0 amide bonds. The van der Waals surface area contributed by atoms with Crippen molar-refractivity contribution in [2.75, 3.05) is 24.1 Å². The lowest BCUT2D eigenvalue weighted by molar-refractivity contribution is 0.0838. The predicted octanol–water partition coefficient (Wildman–Crippen LogP) is 4.87. The van der Waals surface area contributed by atoms with Crippen LogP contribution in [0.25, 0.3) is 11.0 Å². The van der Waals surface area contributed by atoms with E-state index in [4.69, 9.17) is 9.72 Å². The fourth-order valence-corrected chi connectivity index (χ4v) is 5.68. The second-order valence-corrected chi connectivity index (χ2v) is 10.5. The summed E-state index contributed by atoms with van der Waals surface area (Å²) in [4.78, 5) is 8.38. The molecule has 0 aliphatic carbocycles. The third-order valence-electron chi connectivity index (χ3n) is 5.83. The molecule has 1 fully saturated rings. The molecule has 1 aliphatic heterocycles. The lowest BCUT2D eigenvalue weighted by atomic mass is 10.00. The molecule has 166 valence electrons. The SMILES string of the molecule is CCc1ccc(N(CC(C)C)S(=O)(=O)c2ccc3[nH]c(C4CCOCC4)nc3c2)cc1. The molecule has 1 saturated heterocycles. The zero-order chi connectivity index (χ0) is 22.0. The molecule has 6 nitrogen and oxygen atoms in total. The molecule has 0 atom stereocenters. The van der Waals surface area contributed by atoms with Crippen LogP contribution in [0.1, 0.15) is 50.9 Å². The summed E-state index contributed by atoms with van der Waals surface area (Å²) in [5.41, 5.74) is 3.43. The van der Waals surface area contributed by atoms with Gasteiger partial charge in [0.25, 0.3) is 10.0 Å². The number of H-pyrrole nitrogens is 1. The third-order valence-corrected chi connectivity index (χ3v) is 7.62. The molecule has 1 N–H and O–H groups in total. The number of hydrogen-bond acceptors (Lipinski definition) is 4. The third kappa shape index (κ3) is 4.62. The number of fused-ring (bicyclic) bond motifs is 1. The van der Waals surface area contributed by atoms with Crippen LogP contribution in [-0.4, -0.2) is 38.1 Å². The summed E-state index contributed by atoms with van der Waals surface area (Å²) < 4.78 is 34.3. The molecule has 0 radical (unpaired) electrons. The van der Waals surface area contributed by atoms with E-state index in [1.165, 1.54) is 9.87 Å². The number of nitrogens with one attached hydrogen (secondary N) is 1. The average Bonchev–Trinajstić information content (AvgIpc) is 3.21. The minimum Gasteiger partial charge on any atom is -0.381 e. The van der Waals surface area contributed by atoms with E-state index in [9.17, 15) is 8.42 Å². The van der Waals surface area contributed by atoms with Crippen molar-refractivity contribution in [1.82, 2.24) is 9.97 Å². The molecule has 1 aromatic heterocycles. The Morgan fingerprint density at radius 2 is 1.84 bits per heavy atom. The van der Waals surface area contributed by atoms with E-state index in [-0.39, 0.29) is 10.8 Å². The van der Waals surface area contributed by atoms with Crippen molar-refractivity contribution in [3.63, 3.8) is 0 Å². The number of nitrogens with zero attached hydrogens (tertiary/aromatic N) is 2. The Labute approximate surface area is 184 Å². The molecule has 31 heavy (non-hydrogen) atoms. The molecule has 7 heteroatoms. The molecule has 1 aliphatic rings. The van der Waals surface area contributed by atoms with E-state index >= 15 is 0 Å². The van der Waals surface area contributed by atoms with Crippen LogP contribution in [0, 0.1) is 5.92 Å². The van der Waals surface area contributed by atoms with E-state index in [1.807, 2.05) is 44.2 Å². The van der Waals surface area contributed by atoms with Crippen LogP contribution < -0.4 is 4.31 Å². The maximum atomic E-state index is 13.6. The summed E-state index contributed by atoms with van der Waals surface area (Å²) in [6.45, 7) is 8.04. The summed E-state index contributed by atoms with van der Waals surface area (Å²) in [6.07, 6.45) is 2.78. The van der Waals surface area contributed by atoms with Gasteiger partial charge in [0, 0.05) is 25.7 Å². The predicted molar refractivity (Wildman–Crippen MR) is 124 cm³/mol. The minimum absolute atomic E-state index is 0.190. The lowest BCUT2D eigenvalue weighted by Gasteiger charge is -2.26. The van der Waals surface area contributed by atoms with Gasteiger partial charge in [-0.15, -0.1) is 0 Å². The highest BCUT2D eigenvalue weighted by Gasteiger charge is 2.27. The van der Waals surface area contributed by atoms with Crippen LogP contribution in [-0.2, 0) is 21.2 Å². The molecule has 0 spiro atoms. The van der Waals surface area contributed by atoms with Gasteiger partial charge in [0.05, 0.1) is 21.6 Å². The first kappa shape index (κ1) is 21.8. The summed E-state index contributed by atoms with van der Waals surface area (Å²) >= 11 is 0. The van der Waals surface area contributed by atoms with Crippen LogP contribution in [0.2, 0.25) is 0 Å². The normalized spacial score (nSPS) is 15.6. The van der Waals surface area contributed by atoms with Crippen molar-refractivity contribution in [2.45, 2.75) is 50.8 Å². The standard InChI is InChI=1S/C24H31N3O3S/c1-4-18-5-7-20(8-6-18)27(16-17(2)3)31(28,29)21-9-10-22-23(15-21)26-24(25-22)19-11-13-30-14-12-19/h5-10,15,17,19H,4,11-14,16H2,1-3H3,(H,25,26). The zero-order valence-electron chi connectivity index (χ0n) is 18.5. The van der Waals surface area contributed by atoms with Crippen molar-refractivity contribution < 1.29 is 13.2 Å². The van der Waals surface area contributed by atoms with Crippen molar-refractivity contribution >= 4 is 26.7 Å². The second kappa shape index (κ2) is 9.01. The van der Waals surface area contributed by atoms with Crippen molar-refractivity contribution in [3.8, 4) is 0 Å². The number of sulfonamides is 1. The maximum Gasteiger partial charge on any atom is 0.264 e. The highest BCUT2D eigenvalue weighted by Crippen LogP contribution is 2.30. The topological polar surface area (TPSA) is 75.3 Å². The number of anilines is 1. The number of aromatic amines is 1. The Kier molecular flexibility index (Phi) is 6.34. The largest absolute Gasteiger partial charge is 0.381 e. The highest BCUT2D eigenvalue weighted by atomic mass is 32.2. The first-order valence-electron chi connectivity index (χ1n) is 11.1. The Balaban J connectivity index is 1.69. The smallest absolute Gasteiger partial charge is 0.264 e. The summed E-state index contributed by atoms with van der Waals surface area (Å²) in [6, 6.07) is 13.0. The number of rotatable bonds is 7. The molecule has 0 unspecified atom stereocenters. The molecule has 0 bridgehead atoms. The molecular weight excluding hydrogens is 410 g/mol. The Morgan fingerprint density at radius 1 is 1.13 bits per heavy atom. The van der Waals surface area contributed by atoms with Gasteiger partial charge in [-0.05, 0) is 61.1 Å². The van der Waals surface area contributed by atoms with Crippen LogP contribution in [0.15, 0.2) is 47.4 Å². The zero-order valence-corrected chi connectivity index (χ0v) is 19.3. The summed E-state index contributed by atoms with van der Waals surface area (Å²) in [7, 11) is -3.72. The highest BCUT2D eigenvalue weighted by molar-refractivity contribution is 7.92. The molecular formula is C24H31N3O3S. The molecule has 2 aromatic carbocycles. The van der Waals surface area contributed by atoms with Crippen LogP contribution in [0.4, 0.5) is 5.69 Å². The van der Waals surface area contributed by atoms with Gasteiger partial charge < -0.3 is 9.72 Å². The Morgan fingerprint density at radius 3 is 2.48 bits per heavy atom. The van der Waals surface area contributed by atoms with Crippen LogP contribution in [0.5, 0.6) is 0 Å². The van der Waals surface area contributed by atoms with Gasteiger partial charge >= 0.3 is 0 Å². The molecule has 2 heterocycles. The van der Waals surface area contributed by atoms with Crippen LogP contribution >= 0.6 is 0 Å².